The Labute approximate surface area is 119 Å². The van der Waals surface area contributed by atoms with Crippen molar-refractivity contribution in [1.29, 1.82) is 0 Å². The van der Waals surface area contributed by atoms with Gasteiger partial charge in [-0.1, -0.05) is 36.4 Å². The van der Waals surface area contributed by atoms with Crippen LogP contribution in [0.25, 0.3) is 10.8 Å². The van der Waals surface area contributed by atoms with Crippen LogP contribution in [0.5, 0.6) is 0 Å². The molecule has 0 spiro atoms. The molecule has 20 heavy (non-hydrogen) atoms. The zero-order valence-corrected chi connectivity index (χ0v) is 12.7. The molecule has 0 aliphatic heterocycles. The fourth-order valence-corrected chi connectivity index (χ4v) is 3.77. The van der Waals surface area contributed by atoms with Crippen molar-refractivity contribution in [3.05, 3.63) is 48.0 Å². The van der Waals surface area contributed by atoms with Crippen LogP contribution in [0.1, 0.15) is 25.2 Å². The van der Waals surface area contributed by atoms with Crippen LogP contribution < -0.4 is 5.73 Å². The van der Waals surface area contributed by atoms with Crippen LogP contribution in [0, 0.1) is 0 Å². The van der Waals surface area contributed by atoms with Crippen LogP contribution in [0.15, 0.2) is 42.5 Å². The maximum Gasteiger partial charge on any atom is 0.351 e. The van der Waals surface area contributed by atoms with Crippen molar-refractivity contribution in [3.8, 4) is 0 Å². The summed E-state index contributed by atoms with van der Waals surface area (Å²) in [6.07, 6.45) is 0. The van der Waals surface area contributed by atoms with Gasteiger partial charge in [0.15, 0.2) is 0 Å². The Morgan fingerprint density at radius 2 is 1.65 bits per heavy atom. The molecule has 4 nitrogen and oxygen atoms in total. The van der Waals surface area contributed by atoms with E-state index < -0.39 is 13.4 Å². The van der Waals surface area contributed by atoms with Crippen LogP contribution in [0.3, 0.4) is 0 Å². The first-order valence-electron chi connectivity index (χ1n) is 6.73. The molecular formula is C15H20NO3P. The largest absolute Gasteiger partial charge is 0.351 e. The molecule has 0 aliphatic carbocycles. The quantitative estimate of drug-likeness (QED) is 0.816. The highest BCUT2D eigenvalue weighted by Crippen LogP contribution is 2.58. The van der Waals surface area contributed by atoms with Crippen molar-refractivity contribution in [2.24, 2.45) is 5.73 Å². The summed E-state index contributed by atoms with van der Waals surface area (Å²) < 4.78 is 23.3. The molecule has 0 saturated carbocycles. The minimum Gasteiger partial charge on any atom is -0.314 e. The van der Waals surface area contributed by atoms with Gasteiger partial charge in [0.25, 0.3) is 0 Å². The molecule has 1 unspecified atom stereocenters. The Morgan fingerprint density at radius 1 is 1.05 bits per heavy atom. The number of hydrogen-bond donors (Lipinski definition) is 1. The summed E-state index contributed by atoms with van der Waals surface area (Å²) in [6.45, 7) is 4.16. The molecule has 0 aliphatic rings. The van der Waals surface area contributed by atoms with Gasteiger partial charge in [-0.3, -0.25) is 4.57 Å². The first-order chi connectivity index (χ1) is 9.60. The summed E-state index contributed by atoms with van der Waals surface area (Å²) in [5.74, 6) is -0.771. The highest BCUT2D eigenvalue weighted by atomic mass is 31.2. The summed E-state index contributed by atoms with van der Waals surface area (Å²) in [5, 5.41) is 2.17. The summed E-state index contributed by atoms with van der Waals surface area (Å²) in [7, 11) is -3.33. The highest BCUT2D eigenvalue weighted by Gasteiger charge is 2.33. The average Bonchev–Trinajstić information content (AvgIpc) is 2.46. The van der Waals surface area contributed by atoms with Gasteiger partial charge in [-0.25, -0.2) is 0 Å². The standard InChI is InChI=1S/C15H20NO3P/c1-3-18-20(17,19-4-2)15(16)14-10-9-12-7-5-6-8-13(12)11-14/h5-11,15H,3-4,16H2,1-2H3. The molecule has 2 aromatic rings. The van der Waals surface area contributed by atoms with Crippen molar-refractivity contribution in [2.75, 3.05) is 13.2 Å². The number of nitrogens with two attached hydrogens (primary N) is 1. The maximum absolute atomic E-state index is 12.7. The first-order valence-corrected chi connectivity index (χ1v) is 8.35. The first kappa shape index (κ1) is 15.2. The van der Waals surface area contributed by atoms with Gasteiger partial charge < -0.3 is 14.8 Å². The third-order valence-electron chi connectivity index (χ3n) is 3.07. The molecule has 0 bridgehead atoms. The lowest BCUT2D eigenvalue weighted by Crippen LogP contribution is -2.15. The van der Waals surface area contributed by atoms with Crippen molar-refractivity contribution in [1.82, 2.24) is 0 Å². The Kier molecular flexibility index (Phi) is 4.95. The second kappa shape index (κ2) is 6.51. The third-order valence-corrected chi connectivity index (χ3v) is 5.29. The molecule has 0 saturated heterocycles. The predicted octanol–water partition coefficient (Wildman–Crippen LogP) is 4.06. The molecule has 2 aromatic carbocycles. The monoisotopic (exact) mass is 293 g/mol. The molecule has 1 atom stereocenters. The molecular weight excluding hydrogens is 273 g/mol. The van der Waals surface area contributed by atoms with Gasteiger partial charge in [0.1, 0.15) is 5.78 Å². The van der Waals surface area contributed by atoms with Crippen LogP contribution in [-0.4, -0.2) is 13.2 Å². The van der Waals surface area contributed by atoms with Crippen molar-refractivity contribution in [3.63, 3.8) is 0 Å². The van der Waals surface area contributed by atoms with E-state index in [-0.39, 0.29) is 0 Å². The third kappa shape index (κ3) is 3.10. The van der Waals surface area contributed by atoms with Crippen LogP contribution >= 0.6 is 7.60 Å². The van der Waals surface area contributed by atoms with Gasteiger partial charge in [0.05, 0.1) is 13.2 Å². The van der Waals surface area contributed by atoms with E-state index in [2.05, 4.69) is 0 Å². The van der Waals surface area contributed by atoms with E-state index in [1.807, 2.05) is 42.5 Å². The van der Waals surface area contributed by atoms with Crippen molar-refractivity contribution < 1.29 is 13.6 Å². The fraction of sp³-hybridized carbons (Fsp3) is 0.333. The molecule has 0 heterocycles. The minimum atomic E-state index is -3.33. The average molecular weight is 293 g/mol. The molecule has 2 rings (SSSR count). The normalized spacial score (nSPS) is 13.6. The molecule has 5 heteroatoms. The van der Waals surface area contributed by atoms with E-state index in [0.29, 0.717) is 13.2 Å². The van der Waals surface area contributed by atoms with E-state index in [1.165, 1.54) is 0 Å². The van der Waals surface area contributed by atoms with Gasteiger partial charge in [-0.15, -0.1) is 0 Å². The van der Waals surface area contributed by atoms with Crippen molar-refractivity contribution >= 4 is 18.4 Å². The van der Waals surface area contributed by atoms with Crippen LogP contribution in [0.4, 0.5) is 0 Å². The van der Waals surface area contributed by atoms with E-state index >= 15 is 0 Å². The predicted molar refractivity (Wildman–Crippen MR) is 81.7 cm³/mol. The molecule has 0 amide bonds. The lowest BCUT2D eigenvalue weighted by Gasteiger charge is -2.23. The van der Waals surface area contributed by atoms with Gasteiger partial charge in [-0.05, 0) is 36.2 Å². The Hall–Kier alpha value is -1.19. The van der Waals surface area contributed by atoms with E-state index in [1.54, 1.807) is 13.8 Å². The Bertz CT molecular complexity index is 619. The minimum absolute atomic E-state index is 0.304. The molecule has 0 fully saturated rings. The molecule has 2 N–H and O–H groups in total. The van der Waals surface area contributed by atoms with Crippen molar-refractivity contribution in [2.45, 2.75) is 19.6 Å². The summed E-state index contributed by atoms with van der Waals surface area (Å²) in [5.41, 5.74) is 6.88. The summed E-state index contributed by atoms with van der Waals surface area (Å²) in [4.78, 5) is 0. The molecule has 0 radical (unpaired) electrons. The number of rotatable bonds is 6. The van der Waals surface area contributed by atoms with Crippen LogP contribution in [-0.2, 0) is 13.6 Å². The molecule has 108 valence electrons. The molecule has 0 aromatic heterocycles. The Morgan fingerprint density at radius 3 is 2.25 bits per heavy atom. The summed E-state index contributed by atoms with van der Waals surface area (Å²) >= 11 is 0. The number of fused-ring (bicyclic) bond motifs is 1. The SMILES string of the molecule is CCOP(=O)(OCC)C(N)c1ccc2ccccc2c1. The summed E-state index contributed by atoms with van der Waals surface area (Å²) in [6, 6.07) is 13.7. The lowest BCUT2D eigenvalue weighted by molar-refractivity contribution is 0.212. The topological polar surface area (TPSA) is 61.5 Å². The second-order valence-electron chi connectivity index (χ2n) is 4.43. The second-order valence-corrected chi connectivity index (χ2v) is 6.58. The van der Waals surface area contributed by atoms with Gasteiger partial charge >= 0.3 is 7.60 Å². The van der Waals surface area contributed by atoms with Gasteiger partial charge in [-0.2, -0.15) is 0 Å². The zero-order chi connectivity index (χ0) is 14.6. The highest BCUT2D eigenvalue weighted by molar-refractivity contribution is 7.54. The van der Waals surface area contributed by atoms with E-state index in [0.717, 1.165) is 16.3 Å². The fourth-order valence-electron chi connectivity index (χ4n) is 2.13. The smallest absolute Gasteiger partial charge is 0.314 e. The maximum atomic E-state index is 12.7. The van der Waals surface area contributed by atoms with Gasteiger partial charge in [0.2, 0.25) is 0 Å². The number of hydrogen-bond acceptors (Lipinski definition) is 4. The number of benzene rings is 2. The Balaban J connectivity index is 2.38. The van der Waals surface area contributed by atoms with Gasteiger partial charge in [0, 0.05) is 0 Å². The van der Waals surface area contributed by atoms with Crippen LogP contribution in [0.2, 0.25) is 0 Å². The van der Waals surface area contributed by atoms with E-state index in [4.69, 9.17) is 14.8 Å². The van der Waals surface area contributed by atoms with E-state index in [9.17, 15) is 4.57 Å². The zero-order valence-electron chi connectivity index (χ0n) is 11.8. The lowest BCUT2D eigenvalue weighted by atomic mass is 10.1.